The maximum absolute atomic E-state index is 12.4. The Morgan fingerprint density at radius 1 is 0.971 bits per heavy atom. The summed E-state index contributed by atoms with van der Waals surface area (Å²) in [4.78, 5) is 24.5. The monoisotopic (exact) mass is 716 g/mol. The molecule has 0 atom stereocenters. The number of halogens is 2. The second-order valence-electron chi connectivity index (χ2n) is 6.95. The zero-order valence-electron chi connectivity index (χ0n) is 18.5. The molecule has 0 aromatic heterocycles. The van der Waals surface area contributed by atoms with E-state index in [9.17, 15) is 23.7 Å². The predicted molar refractivity (Wildman–Crippen MR) is 125 cm³/mol. The van der Waals surface area contributed by atoms with Crippen molar-refractivity contribution in [2.24, 2.45) is 10.2 Å². The van der Waals surface area contributed by atoms with Crippen molar-refractivity contribution in [1.29, 1.82) is 0 Å². The Morgan fingerprint density at radius 3 is 2.06 bits per heavy atom. The van der Waals surface area contributed by atoms with Gasteiger partial charge in [0.1, 0.15) is 0 Å². The van der Waals surface area contributed by atoms with Gasteiger partial charge in [-0.3, -0.25) is 10.1 Å². The van der Waals surface area contributed by atoms with Gasteiger partial charge in [0, 0.05) is 12.1 Å². The van der Waals surface area contributed by atoms with Gasteiger partial charge in [0.15, 0.2) is 0 Å². The molecular formula is C24H21CfF2N4O4. The summed E-state index contributed by atoms with van der Waals surface area (Å²) < 4.78 is 28.4. The van der Waals surface area contributed by atoms with Gasteiger partial charge in [0.25, 0.3) is 5.69 Å². The van der Waals surface area contributed by atoms with E-state index in [4.69, 9.17) is 4.74 Å². The second-order valence-corrected chi connectivity index (χ2v) is 10.1. The standard InChI is InChI=1S/C23H21N4O4.CF2.Cf/c1-2-26(16-17-31-23(28)18-6-4-3-5-7-18)21-12-8-19(9-13-21)24-25-20-10-14-22(15-11-20)27(29)30;2-1-3;/h4-15H,2,16-17H2,1H3;;/b25-24+;;. The molecule has 0 bridgehead atoms. The van der Waals surface area contributed by atoms with Crippen molar-refractivity contribution in [2.45, 2.75) is 6.92 Å². The molecule has 0 heterocycles. The van der Waals surface area contributed by atoms with Crippen LogP contribution in [-0.4, -0.2) is 37.5 Å². The molecule has 35 heavy (non-hydrogen) atoms. The van der Waals surface area contributed by atoms with Crippen LogP contribution in [0.15, 0.2) is 83.0 Å². The number of carbonyl (C=O) groups is 1. The predicted octanol–water partition coefficient (Wildman–Crippen LogP) is 5.43. The third kappa shape index (κ3) is 7.07. The van der Waals surface area contributed by atoms with Gasteiger partial charge < -0.3 is 0 Å². The number of hydrogen-bond acceptors (Lipinski definition) is 7. The van der Waals surface area contributed by atoms with Gasteiger partial charge in [-0.25, -0.2) is 0 Å². The third-order valence-corrected chi connectivity index (χ3v) is 6.88. The van der Waals surface area contributed by atoms with E-state index in [1.165, 1.54) is 36.4 Å². The number of nitrogens with zero attached hydrogens (tertiary/aromatic N) is 4. The van der Waals surface area contributed by atoms with E-state index in [1.807, 2.05) is 24.0 Å². The molecule has 0 unspecified atom stereocenters. The van der Waals surface area contributed by atoms with E-state index in [1.54, 1.807) is 24.3 Å². The fourth-order valence-electron chi connectivity index (χ4n) is 2.99. The zero-order valence-corrected chi connectivity index (χ0v) is 21.2. The zero-order chi connectivity index (χ0) is 25.2. The third-order valence-electron chi connectivity index (χ3n) is 4.74. The van der Waals surface area contributed by atoms with Crippen LogP contribution in [0.5, 0.6) is 0 Å². The van der Waals surface area contributed by atoms with Crippen LogP contribution in [0.2, 0.25) is 0 Å². The molecule has 3 aromatic rings. The quantitative estimate of drug-likeness (QED) is 0.121. The molecule has 11 heteroatoms. The first-order valence-corrected chi connectivity index (χ1v) is 13.0. The fourth-order valence-corrected chi connectivity index (χ4v) is 4.44. The van der Waals surface area contributed by atoms with Gasteiger partial charge in [-0.1, -0.05) is 0 Å². The summed E-state index contributed by atoms with van der Waals surface area (Å²) in [5.74, 6) is -0.498. The molecule has 0 N–H and O–H groups in total. The number of esters is 1. The van der Waals surface area contributed by atoms with Gasteiger partial charge in [-0.2, -0.15) is 10.2 Å². The number of likely N-dealkylation sites (N-methyl/N-ethyl adjacent to an activating group) is 1. The Bertz CT molecular complexity index is 1210. The van der Waals surface area contributed by atoms with Crippen LogP contribution in [0.1, 0.15) is 17.3 Å². The van der Waals surface area contributed by atoms with Gasteiger partial charge in [0.05, 0.1) is 16.3 Å². The van der Waals surface area contributed by atoms with Gasteiger partial charge >= 0.3 is 129 Å². The molecule has 0 spiro atoms. The molecule has 0 radical (unpaired) electrons. The normalized spacial score (nSPS) is 10.6. The molecule has 8 nitrogen and oxygen atoms in total. The Labute approximate surface area is 195 Å². The number of hydrogen-bond donors (Lipinski definition) is 0. The molecule has 0 saturated carbocycles. The maximum atomic E-state index is 12.4. The molecule has 0 aliphatic carbocycles. The van der Waals surface area contributed by atoms with Crippen molar-refractivity contribution in [3.63, 3.8) is 0 Å². The van der Waals surface area contributed by atoms with Crippen LogP contribution in [0.4, 0.5) is 31.5 Å². The van der Waals surface area contributed by atoms with Crippen LogP contribution in [0.25, 0.3) is 0 Å². The summed E-state index contributed by atoms with van der Waals surface area (Å²) in [5.41, 5.74) is 2.35. The van der Waals surface area contributed by atoms with Crippen molar-refractivity contribution < 1.29 is 23.2 Å². The fraction of sp³-hybridized carbons (Fsp3) is 0.167. The van der Waals surface area contributed by atoms with Crippen molar-refractivity contribution in [3.05, 3.63) is 88.5 Å². The summed E-state index contributed by atoms with van der Waals surface area (Å²) in [6.45, 7) is 1.77. The van der Waals surface area contributed by atoms with E-state index in [2.05, 4.69) is 10.2 Å². The summed E-state index contributed by atoms with van der Waals surface area (Å²) in [6.07, 6.45) is 0. The van der Waals surface area contributed by atoms with E-state index in [-0.39, 0.29) is 12.3 Å². The molecule has 0 amide bonds. The van der Waals surface area contributed by atoms with E-state index < -0.39 is 17.8 Å². The summed E-state index contributed by atoms with van der Waals surface area (Å²) in [5, 5.41) is 18.9. The van der Waals surface area contributed by atoms with Crippen molar-refractivity contribution in [1.82, 2.24) is 0 Å². The van der Waals surface area contributed by atoms with Crippen molar-refractivity contribution in [3.8, 4) is 0 Å². The Kier molecular flexibility index (Phi) is 7.99. The van der Waals surface area contributed by atoms with E-state index >= 15 is 0 Å². The summed E-state index contributed by atoms with van der Waals surface area (Å²) in [7, 11) is 0. The number of nitro groups is 1. The van der Waals surface area contributed by atoms with Crippen molar-refractivity contribution in [2.75, 3.05) is 24.6 Å². The van der Waals surface area contributed by atoms with Crippen LogP contribution >= 0.6 is 0 Å². The molecule has 0 aliphatic heterocycles. The summed E-state index contributed by atoms with van der Waals surface area (Å²) >= 11 is 0. The number of ether oxygens (including phenoxy) is 1. The van der Waals surface area contributed by atoms with E-state index in [0.29, 0.717) is 36.1 Å². The molecule has 185 valence electrons. The topological polar surface area (TPSA) is 97.4 Å². The Balaban J connectivity index is 1.52. The first-order valence-electron chi connectivity index (χ1n) is 10.4. The Hall–Kier alpha value is -5.34. The first kappa shape index (κ1) is 24.3. The van der Waals surface area contributed by atoms with Gasteiger partial charge in [0.2, 0.25) is 0 Å². The minimum absolute atomic E-state index is 0.0119. The number of non-ortho nitro benzene ring substituents is 1. The number of azo groups is 1. The van der Waals surface area contributed by atoms with Crippen LogP contribution in [0, 0.1) is 10.1 Å². The number of carbonyl (C=O) groups excluding carboxylic acids is 1. The average Bonchev–Trinajstić information content (AvgIpc) is 2.86. The average molecular weight is 718 g/mol. The van der Waals surface area contributed by atoms with Gasteiger partial charge in [-0.15, -0.1) is 0 Å². The van der Waals surface area contributed by atoms with Crippen molar-refractivity contribution >= 4 is 41.7 Å². The van der Waals surface area contributed by atoms with Crippen LogP contribution < -0.4 is 11.0 Å². The van der Waals surface area contributed by atoms with Crippen LogP contribution in [-0.2, 0) is 4.74 Å². The van der Waals surface area contributed by atoms with Gasteiger partial charge in [-0.05, 0) is 12.1 Å². The van der Waals surface area contributed by atoms with E-state index in [0.717, 1.165) is 5.69 Å². The molecule has 3 rings (SSSR count). The molecule has 3 aromatic carbocycles. The SMILES string of the molecule is CCN(CCOC(=O)c1cc[c]([Cf]=[C](F)F)cc1)c1ccc(/N=N/c2ccc([N+](=O)[O-])cc2)cc1. The first-order chi connectivity index (χ1) is 16.9. The Morgan fingerprint density at radius 2 is 1.54 bits per heavy atom. The molecule has 0 aliphatic rings. The minimum atomic E-state index is -1.80. The number of rotatable bonds is 10. The second kappa shape index (κ2) is 11.5. The molecular weight excluding hydrogens is 697 g/mol. The van der Waals surface area contributed by atoms with Crippen LogP contribution in [0.3, 0.4) is 0 Å². The summed E-state index contributed by atoms with van der Waals surface area (Å²) in [6, 6.07) is 19.8. The number of anilines is 1. The number of benzene rings is 3. The molecule has 0 saturated heterocycles. The molecule has 0 fully saturated rings. The number of nitro benzene ring substituents is 1.